The second kappa shape index (κ2) is 4.66. The van der Waals surface area contributed by atoms with Gasteiger partial charge in [0.25, 0.3) is 0 Å². The molecule has 0 aliphatic carbocycles. The zero-order valence-electron chi connectivity index (χ0n) is 12.8. The minimum absolute atomic E-state index is 0.478. The Kier molecular flexibility index (Phi) is 2.89. The van der Waals surface area contributed by atoms with Crippen molar-refractivity contribution in [1.82, 2.24) is 24.7 Å². The lowest BCUT2D eigenvalue weighted by molar-refractivity contribution is 0.312. The Hall–Kier alpha value is -1.69. The van der Waals surface area contributed by atoms with Crippen LogP contribution in [0.4, 0.5) is 5.82 Å². The van der Waals surface area contributed by atoms with Gasteiger partial charge in [0.1, 0.15) is 5.82 Å². The van der Waals surface area contributed by atoms with Crippen LogP contribution in [0.5, 0.6) is 0 Å². The van der Waals surface area contributed by atoms with Gasteiger partial charge >= 0.3 is 0 Å². The molecular formula is C15H22N6. The van der Waals surface area contributed by atoms with E-state index in [2.05, 4.69) is 40.0 Å². The molecule has 0 bridgehead atoms. The predicted molar refractivity (Wildman–Crippen MR) is 81.5 cm³/mol. The zero-order chi connectivity index (χ0) is 14.4. The van der Waals surface area contributed by atoms with Crippen LogP contribution in [0.15, 0.2) is 12.1 Å². The molecular weight excluding hydrogens is 264 g/mol. The summed E-state index contributed by atoms with van der Waals surface area (Å²) in [7, 11) is 2.23. The summed E-state index contributed by atoms with van der Waals surface area (Å²) < 4.78 is 1.89. The molecule has 2 aromatic heterocycles. The van der Waals surface area contributed by atoms with Crippen molar-refractivity contribution in [3.8, 4) is 0 Å². The Labute approximate surface area is 124 Å². The van der Waals surface area contributed by atoms with Gasteiger partial charge in [-0.05, 0) is 38.6 Å². The van der Waals surface area contributed by atoms with Crippen LogP contribution in [0, 0.1) is 5.41 Å². The van der Waals surface area contributed by atoms with Crippen LogP contribution in [-0.2, 0) is 6.42 Å². The maximum absolute atomic E-state index is 4.77. The van der Waals surface area contributed by atoms with Gasteiger partial charge in [-0.3, -0.25) is 0 Å². The van der Waals surface area contributed by atoms with Crippen molar-refractivity contribution in [3.05, 3.63) is 18.0 Å². The van der Waals surface area contributed by atoms with Crippen molar-refractivity contribution in [1.29, 1.82) is 0 Å². The summed E-state index contributed by atoms with van der Waals surface area (Å²) in [5.41, 5.74) is 1.32. The minimum atomic E-state index is 0.478. The van der Waals surface area contributed by atoms with Gasteiger partial charge in [-0.25, -0.2) is 0 Å². The second-order valence-corrected chi connectivity index (χ2v) is 6.59. The molecule has 1 unspecified atom stereocenters. The van der Waals surface area contributed by atoms with Crippen LogP contribution in [0.3, 0.4) is 0 Å². The number of rotatable bonds is 2. The van der Waals surface area contributed by atoms with Crippen molar-refractivity contribution in [2.75, 3.05) is 38.1 Å². The number of nitrogens with zero attached hydrogens (tertiary/aromatic N) is 6. The first-order chi connectivity index (χ1) is 10.2. The van der Waals surface area contributed by atoms with E-state index in [0.29, 0.717) is 5.41 Å². The fourth-order valence-corrected chi connectivity index (χ4v) is 3.84. The summed E-state index contributed by atoms with van der Waals surface area (Å²) in [6.45, 7) is 6.77. The van der Waals surface area contributed by atoms with Crippen LogP contribution in [0.2, 0.25) is 0 Å². The SMILES string of the molecule is CCc1nnc2ccc(N3CCC4(CCN(C)C4)C3)nn12. The molecule has 6 heteroatoms. The number of fused-ring (bicyclic) bond motifs is 1. The molecule has 4 rings (SSSR count). The fraction of sp³-hybridized carbons (Fsp3) is 0.667. The molecule has 0 N–H and O–H groups in total. The van der Waals surface area contributed by atoms with E-state index in [1.54, 1.807) is 0 Å². The van der Waals surface area contributed by atoms with Crippen LogP contribution >= 0.6 is 0 Å². The Bertz CT molecular complexity index is 665. The van der Waals surface area contributed by atoms with E-state index in [9.17, 15) is 0 Å². The van der Waals surface area contributed by atoms with E-state index in [4.69, 9.17) is 5.10 Å². The number of anilines is 1. The first kappa shape index (κ1) is 13.0. The predicted octanol–water partition coefficient (Wildman–Crippen LogP) is 1.22. The largest absolute Gasteiger partial charge is 0.355 e. The molecule has 0 aromatic carbocycles. The summed E-state index contributed by atoms with van der Waals surface area (Å²) >= 11 is 0. The van der Waals surface area contributed by atoms with Crippen molar-refractivity contribution < 1.29 is 0 Å². The Morgan fingerprint density at radius 2 is 2.00 bits per heavy atom. The third-order valence-corrected chi connectivity index (χ3v) is 5.02. The number of aryl methyl sites for hydroxylation is 1. The second-order valence-electron chi connectivity index (χ2n) is 6.59. The third kappa shape index (κ3) is 2.09. The highest BCUT2D eigenvalue weighted by Gasteiger charge is 2.42. The van der Waals surface area contributed by atoms with E-state index in [1.807, 2.05) is 10.6 Å². The molecule has 0 amide bonds. The average molecular weight is 286 g/mol. The van der Waals surface area contributed by atoms with Crippen molar-refractivity contribution in [3.63, 3.8) is 0 Å². The van der Waals surface area contributed by atoms with E-state index >= 15 is 0 Å². The Morgan fingerprint density at radius 1 is 1.14 bits per heavy atom. The zero-order valence-corrected chi connectivity index (χ0v) is 12.8. The minimum Gasteiger partial charge on any atom is -0.355 e. The summed E-state index contributed by atoms with van der Waals surface area (Å²) in [6.07, 6.45) is 3.45. The highest BCUT2D eigenvalue weighted by Crippen LogP contribution is 2.40. The van der Waals surface area contributed by atoms with Crippen LogP contribution in [0.1, 0.15) is 25.6 Å². The molecule has 2 aliphatic rings. The molecule has 2 fully saturated rings. The molecule has 21 heavy (non-hydrogen) atoms. The average Bonchev–Trinajstić information content (AvgIpc) is 3.18. The molecule has 1 spiro atoms. The van der Waals surface area contributed by atoms with E-state index in [0.717, 1.165) is 36.8 Å². The van der Waals surface area contributed by atoms with Crippen LogP contribution in [-0.4, -0.2) is 57.9 Å². The maximum Gasteiger partial charge on any atom is 0.178 e. The van der Waals surface area contributed by atoms with E-state index in [1.165, 1.54) is 25.9 Å². The molecule has 112 valence electrons. The standard InChI is InChI=1S/C15H22N6/c1-3-12-16-17-13-4-5-14(18-21(12)13)20-9-7-15(11-20)6-8-19(2)10-15/h4-5H,3,6-11H2,1-2H3. The molecule has 6 nitrogen and oxygen atoms in total. The van der Waals surface area contributed by atoms with Gasteiger partial charge in [-0.1, -0.05) is 6.92 Å². The summed E-state index contributed by atoms with van der Waals surface area (Å²) in [4.78, 5) is 4.88. The van der Waals surface area contributed by atoms with Gasteiger partial charge in [0.15, 0.2) is 11.5 Å². The fourth-order valence-electron chi connectivity index (χ4n) is 3.84. The number of likely N-dealkylation sites (tertiary alicyclic amines) is 1. The third-order valence-electron chi connectivity index (χ3n) is 5.02. The van der Waals surface area contributed by atoms with Gasteiger partial charge in [-0.2, -0.15) is 4.52 Å². The van der Waals surface area contributed by atoms with E-state index < -0.39 is 0 Å². The summed E-state index contributed by atoms with van der Waals surface area (Å²) in [5.74, 6) is 1.99. The van der Waals surface area contributed by atoms with Crippen molar-refractivity contribution in [2.24, 2.45) is 5.41 Å². The highest BCUT2D eigenvalue weighted by molar-refractivity contribution is 5.47. The Balaban J connectivity index is 1.62. The monoisotopic (exact) mass is 286 g/mol. The van der Waals surface area contributed by atoms with Crippen molar-refractivity contribution in [2.45, 2.75) is 26.2 Å². The van der Waals surface area contributed by atoms with E-state index in [-0.39, 0.29) is 0 Å². The van der Waals surface area contributed by atoms with Gasteiger partial charge in [-0.15, -0.1) is 15.3 Å². The first-order valence-electron chi connectivity index (χ1n) is 7.84. The first-order valence-corrected chi connectivity index (χ1v) is 7.84. The van der Waals surface area contributed by atoms with Gasteiger partial charge in [0.2, 0.25) is 0 Å². The van der Waals surface area contributed by atoms with Crippen LogP contribution in [0.25, 0.3) is 5.65 Å². The molecule has 4 heterocycles. The topological polar surface area (TPSA) is 49.6 Å². The molecule has 1 atom stereocenters. The van der Waals surface area contributed by atoms with Gasteiger partial charge < -0.3 is 9.80 Å². The lowest BCUT2D eigenvalue weighted by Crippen LogP contribution is -2.30. The molecule has 2 saturated heterocycles. The molecule has 0 saturated carbocycles. The summed E-state index contributed by atoms with van der Waals surface area (Å²) in [5, 5.41) is 13.1. The highest BCUT2D eigenvalue weighted by atomic mass is 15.4. The number of hydrogen-bond acceptors (Lipinski definition) is 5. The van der Waals surface area contributed by atoms with Crippen LogP contribution < -0.4 is 4.90 Å². The quantitative estimate of drug-likeness (QED) is 0.831. The number of hydrogen-bond donors (Lipinski definition) is 0. The maximum atomic E-state index is 4.77. The lowest BCUT2D eigenvalue weighted by Gasteiger charge is -2.24. The Morgan fingerprint density at radius 3 is 2.76 bits per heavy atom. The van der Waals surface area contributed by atoms with Crippen molar-refractivity contribution >= 4 is 11.5 Å². The molecule has 0 radical (unpaired) electrons. The van der Waals surface area contributed by atoms with Gasteiger partial charge in [0, 0.05) is 31.5 Å². The summed E-state index contributed by atoms with van der Waals surface area (Å²) in [6, 6.07) is 4.11. The molecule has 2 aromatic rings. The number of aromatic nitrogens is 4. The lowest BCUT2D eigenvalue weighted by atomic mass is 9.86. The van der Waals surface area contributed by atoms with Gasteiger partial charge in [0.05, 0.1) is 0 Å². The normalized spacial score (nSPS) is 26.5. The smallest absolute Gasteiger partial charge is 0.178 e. The molecule has 2 aliphatic heterocycles.